The first-order chi connectivity index (χ1) is 6.36. The van der Waals surface area contributed by atoms with Crippen LogP contribution in [0.25, 0.3) is 0 Å². The molecule has 1 aromatic heterocycles. The summed E-state index contributed by atoms with van der Waals surface area (Å²) in [5, 5.41) is 3.43. The van der Waals surface area contributed by atoms with E-state index >= 15 is 0 Å². The van der Waals surface area contributed by atoms with Crippen molar-refractivity contribution >= 4 is 0 Å². The van der Waals surface area contributed by atoms with Crippen LogP contribution in [0.4, 0.5) is 0 Å². The normalized spacial score (nSPS) is 23.3. The molecule has 0 aromatic carbocycles. The minimum absolute atomic E-state index is 0.788. The minimum atomic E-state index is 0.788. The van der Waals surface area contributed by atoms with Gasteiger partial charge in [0.2, 0.25) is 0 Å². The summed E-state index contributed by atoms with van der Waals surface area (Å²) < 4.78 is 0. The maximum atomic E-state index is 4.33. The molecule has 1 saturated heterocycles. The summed E-state index contributed by atoms with van der Waals surface area (Å²) in [4.78, 5) is 7.45. The Hall–Kier alpha value is -0.830. The standard InChI is InChI=1S/C10H17N3/c1-8-10(13-7-12-8)5-9-3-2-4-11-6-9/h7,9,11H,2-6H2,1H3,(H,12,13). The molecule has 3 heteroatoms. The maximum absolute atomic E-state index is 4.33. The van der Waals surface area contributed by atoms with Gasteiger partial charge in [0.05, 0.1) is 12.0 Å². The Morgan fingerprint density at radius 3 is 3.15 bits per heavy atom. The van der Waals surface area contributed by atoms with Crippen molar-refractivity contribution in [3.05, 3.63) is 17.7 Å². The van der Waals surface area contributed by atoms with Gasteiger partial charge in [0.25, 0.3) is 0 Å². The number of piperidine rings is 1. The van der Waals surface area contributed by atoms with Gasteiger partial charge < -0.3 is 10.3 Å². The summed E-state index contributed by atoms with van der Waals surface area (Å²) in [6, 6.07) is 0. The van der Waals surface area contributed by atoms with Gasteiger partial charge in [-0.15, -0.1) is 0 Å². The third kappa shape index (κ3) is 2.10. The van der Waals surface area contributed by atoms with Crippen molar-refractivity contribution in [2.45, 2.75) is 26.2 Å². The van der Waals surface area contributed by atoms with Gasteiger partial charge in [-0.05, 0) is 45.2 Å². The van der Waals surface area contributed by atoms with Crippen LogP contribution in [0.5, 0.6) is 0 Å². The lowest BCUT2D eigenvalue weighted by molar-refractivity contribution is 0.373. The average Bonchev–Trinajstić information content (AvgIpc) is 2.54. The van der Waals surface area contributed by atoms with E-state index in [9.17, 15) is 0 Å². The largest absolute Gasteiger partial charge is 0.348 e. The molecule has 3 nitrogen and oxygen atoms in total. The zero-order valence-electron chi connectivity index (χ0n) is 8.14. The van der Waals surface area contributed by atoms with Crippen LogP contribution in [0.1, 0.15) is 24.2 Å². The molecule has 1 aromatic rings. The van der Waals surface area contributed by atoms with Gasteiger partial charge in [-0.3, -0.25) is 0 Å². The third-order valence-corrected chi connectivity index (χ3v) is 2.82. The first-order valence-corrected chi connectivity index (χ1v) is 5.06. The summed E-state index contributed by atoms with van der Waals surface area (Å²) in [5.74, 6) is 0.788. The molecule has 2 N–H and O–H groups in total. The quantitative estimate of drug-likeness (QED) is 0.717. The highest BCUT2D eigenvalue weighted by Crippen LogP contribution is 2.16. The predicted molar refractivity (Wildman–Crippen MR) is 52.6 cm³/mol. The number of imidazole rings is 1. The second-order valence-corrected chi connectivity index (χ2v) is 3.89. The highest BCUT2D eigenvalue weighted by Gasteiger charge is 2.15. The fourth-order valence-electron chi connectivity index (χ4n) is 1.96. The third-order valence-electron chi connectivity index (χ3n) is 2.82. The van der Waals surface area contributed by atoms with E-state index in [-0.39, 0.29) is 0 Å². The number of aryl methyl sites for hydroxylation is 1. The van der Waals surface area contributed by atoms with Gasteiger partial charge in [-0.1, -0.05) is 0 Å². The molecule has 0 spiro atoms. The number of rotatable bonds is 2. The summed E-state index contributed by atoms with van der Waals surface area (Å²) in [6.07, 6.45) is 5.58. The molecule has 13 heavy (non-hydrogen) atoms. The molecule has 1 fully saturated rings. The molecular weight excluding hydrogens is 162 g/mol. The molecule has 1 atom stereocenters. The summed E-state index contributed by atoms with van der Waals surface area (Å²) >= 11 is 0. The van der Waals surface area contributed by atoms with Crippen molar-refractivity contribution in [3.8, 4) is 0 Å². The van der Waals surface area contributed by atoms with Gasteiger partial charge in [0.1, 0.15) is 0 Å². The molecule has 2 heterocycles. The van der Waals surface area contributed by atoms with Crippen molar-refractivity contribution < 1.29 is 0 Å². The van der Waals surface area contributed by atoms with Gasteiger partial charge >= 0.3 is 0 Å². The molecule has 0 radical (unpaired) electrons. The first kappa shape index (κ1) is 8.75. The smallest absolute Gasteiger partial charge is 0.0925 e. The van der Waals surface area contributed by atoms with Crippen molar-refractivity contribution in [2.75, 3.05) is 13.1 Å². The molecule has 2 rings (SSSR count). The lowest BCUT2D eigenvalue weighted by atomic mass is 9.94. The van der Waals surface area contributed by atoms with E-state index in [0.717, 1.165) is 18.9 Å². The average molecular weight is 179 g/mol. The first-order valence-electron chi connectivity index (χ1n) is 5.06. The SMILES string of the molecule is Cc1[nH]cnc1CC1CCCNC1. The lowest BCUT2D eigenvalue weighted by Gasteiger charge is -2.21. The Kier molecular flexibility index (Phi) is 2.64. The van der Waals surface area contributed by atoms with Gasteiger partial charge in [0, 0.05) is 5.69 Å². The summed E-state index contributed by atoms with van der Waals surface area (Å²) in [7, 11) is 0. The van der Waals surface area contributed by atoms with Crippen LogP contribution in [0.2, 0.25) is 0 Å². The predicted octanol–water partition coefficient (Wildman–Crippen LogP) is 1.26. The number of nitrogens with one attached hydrogen (secondary N) is 2. The molecule has 0 saturated carbocycles. The summed E-state index contributed by atoms with van der Waals surface area (Å²) in [6.45, 7) is 4.45. The van der Waals surface area contributed by atoms with Crippen LogP contribution >= 0.6 is 0 Å². The second kappa shape index (κ2) is 3.92. The Morgan fingerprint density at radius 1 is 1.62 bits per heavy atom. The Labute approximate surface area is 79.0 Å². The molecule has 0 bridgehead atoms. The maximum Gasteiger partial charge on any atom is 0.0925 e. The number of nitrogens with zero attached hydrogens (tertiary/aromatic N) is 1. The molecule has 72 valence electrons. The van der Waals surface area contributed by atoms with Crippen LogP contribution in [0.15, 0.2) is 6.33 Å². The molecule has 0 aliphatic carbocycles. The Morgan fingerprint density at radius 2 is 2.54 bits per heavy atom. The molecule has 1 aliphatic rings. The van der Waals surface area contributed by atoms with E-state index in [1.54, 1.807) is 6.33 Å². The van der Waals surface area contributed by atoms with Gasteiger partial charge in [-0.25, -0.2) is 4.98 Å². The van der Waals surface area contributed by atoms with E-state index in [1.165, 1.54) is 30.8 Å². The van der Waals surface area contributed by atoms with Crippen LogP contribution in [0.3, 0.4) is 0 Å². The van der Waals surface area contributed by atoms with Gasteiger partial charge in [0.15, 0.2) is 0 Å². The van der Waals surface area contributed by atoms with E-state index in [4.69, 9.17) is 0 Å². The monoisotopic (exact) mass is 179 g/mol. The molecule has 1 aliphatic heterocycles. The zero-order valence-corrected chi connectivity index (χ0v) is 8.14. The van der Waals surface area contributed by atoms with Crippen molar-refractivity contribution in [1.29, 1.82) is 0 Å². The van der Waals surface area contributed by atoms with Crippen molar-refractivity contribution in [1.82, 2.24) is 15.3 Å². The number of hydrogen-bond donors (Lipinski definition) is 2. The molecule has 0 amide bonds. The lowest BCUT2D eigenvalue weighted by Crippen LogP contribution is -2.31. The van der Waals surface area contributed by atoms with Crippen LogP contribution in [-0.2, 0) is 6.42 Å². The van der Waals surface area contributed by atoms with E-state index < -0.39 is 0 Å². The highest BCUT2D eigenvalue weighted by molar-refractivity contribution is 5.09. The number of H-pyrrole nitrogens is 1. The topological polar surface area (TPSA) is 40.7 Å². The van der Waals surface area contributed by atoms with E-state index in [1.807, 2.05) is 0 Å². The van der Waals surface area contributed by atoms with Crippen LogP contribution in [0, 0.1) is 12.8 Å². The number of hydrogen-bond acceptors (Lipinski definition) is 2. The summed E-state index contributed by atoms with van der Waals surface area (Å²) in [5.41, 5.74) is 2.47. The van der Waals surface area contributed by atoms with Crippen molar-refractivity contribution in [3.63, 3.8) is 0 Å². The fraction of sp³-hybridized carbons (Fsp3) is 0.700. The molecule has 1 unspecified atom stereocenters. The zero-order chi connectivity index (χ0) is 9.10. The molecular formula is C10H17N3. The Bertz CT molecular complexity index is 261. The Balaban J connectivity index is 1.93. The number of aromatic nitrogens is 2. The van der Waals surface area contributed by atoms with Crippen LogP contribution in [-0.4, -0.2) is 23.1 Å². The number of aromatic amines is 1. The van der Waals surface area contributed by atoms with E-state index in [0.29, 0.717) is 0 Å². The minimum Gasteiger partial charge on any atom is -0.348 e. The van der Waals surface area contributed by atoms with E-state index in [2.05, 4.69) is 22.2 Å². The fourth-order valence-corrected chi connectivity index (χ4v) is 1.96. The van der Waals surface area contributed by atoms with Crippen molar-refractivity contribution in [2.24, 2.45) is 5.92 Å². The second-order valence-electron chi connectivity index (χ2n) is 3.89. The highest BCUT2D eigenvalue weighted by atomic mass is 14.9. The van der Waals surface area contributed by atoms with Crippen LogP contribution < -0.4 is 5.32 Å². The van der Waals surface area contributed by atoms with Gasteiger partial charge in [-0.2, -0.15) is 0 Å².